The molecular weight excluding hydrogens is 545 g/mol. The van der Waals surface area contributed by atoms with Gasteiger partial charge in [-0.05, 0) is 71.8 Å². The SMILES string of the molecule is c1ccc(-c2ccc3nc(-n4c5ccc6c7ccccc7oc6c5c5c6c(ccc54)sc4ccccc46)ccc3c2)cc1. The highest BCUT2D eigenvalue weighted by atomic mass is 32.1. The van der Waals surface area contributed by atoms with Crippen molar-refractivity contribution in [2.45, 2.75) is 0 Å². The fourth-order valence-corrected chi connectivity index (χ4v) is 7.99. The van der Waals surface area contributed by atoms with Gasteiger partial charge in [0.1, 0.15) is 17.0 Å². The zero-order valence-corrected chi connectivity index (χ0v) is 23.7. The standard InChI is InChI=1S/C39H22N2OS/c1-2-8-23(9-3-1)24-14-17-29-25(22-24)15-21-35(40-29)41-30-19-20-34-36(28-11-5-7-13-33(28)43-34)37(30)38-31(41)18-16-27-26-10-4-6-12-32(26)42-39(27)38/h1-22H. The highest BCUT2D eigenvalue weighted by Crippen LogP contribution is 2.46. The van der Waals surface area contributed by atoms with Crippen molar-refractivity contribution in [1.29, 1.82) is 0 Å². The molecule has 0 fully saturated rings. The Labute approximate surface area is 249 Å². The minimum Gasteiger partial charge on any atom is -0.455 e. The Morgan fingerprint density at radius 2 is 1.33 bits per heavy atom. The number of benzene rings is 6. The van der Waals surface area contributed by atoms with Crippen LogP contribution in [0.4, 0.5) is 0 Å². The second-order valence-electron chi connectivity index (χ2n) is 11.1. The van der Waals surface area contributed by atoms with Crippen LogP contribution in [0, 0.1) is 0 Å². The van der Waals surface area contributed by atoms with E-state index in [1.807, 2.05) is 17.4 Å². The summed E-state index contributed by atoms with van der Waals surface area (Å²) in [4.78, 5) is 5.24. The van der Waals surface area contributed by atoms with E-state index in [2.05, 4.69) is 132 Å². The maximum absolute atomic E-state index is 6.66. The minimum atomic E-state index is 0.898. The second-order valence-corrected chi connectivity index (χ2v) is 12.2. The van der Waals surface area contributed by atoms with Gasteiger partial charge in [0, 0.05) is 41.7 Å². The van der Waals surface area contributed by atoms with Gasteiger partial charge in [-0.2, -0.15) is 0 Å². The highest BCUT2D eigenvalue weighted by Gasteiger charge is 2.22. The van der Waals surface area contributed by atoms with Crippen molar-refractivity contribution in [2.24, 2.45) is 0 Å². The Balaban J connectivity index is 1.33. The van der Waals surface area contributed by atoms with Crippen LogP contribution >= 0.6 is 11.3 Å². The molecule has 10 aromatic rings. The predicted molar refractivity (Wildman–Crippen MR) is 182 cm³/mol. The summed E-state index contributed by atoms with van der Waals surface area (Å²) in [5, 5.41) is 8.31. The van der Waals surface area contributed by atoms with Crippen molar-refractivity contribution in [3.8, 4) is 16.9 Å². The first kappa shape index (κ1) is 23.1. The quantitative estimate of drug-likeness (QED) is 0.208. The lowest BCUT2D eigenvalue weighted by atomic mass is 10.0. The number of nitrogens with zero attached hydrogens (tertiary/aromatic N) is 2. The molecule has 3 nitrogen and oxygen atoms in total. The molecule has 0 atom stereocenters. The first-order valence-corrected chi connectivity index (χ1v) is 15.3. The summed E-state index contributed by atoms with van der Waals surface area (Å²) < 4.78 is 11.5. The number of furan rings is 1. The molecule has 0 saturated carbocycles. The van der Waals surface area contributed by atoms with E-state index < -0.39 is 0 Å². The number of fused-ring (bicyclic) bond motifs is 12. The molecule has 4 heteroatoms. The molecule has 0 aliphatic heterocycles. The van der Waals surface area contributed by atoms with Gasteiger partial charge >= 0.3 is 0 Å². The van der Waals surface area contributed by atoms with Crippen LogP contribution in [0.2, 0.25) is 0 Å². The summed E-state index contributed by atoms with van der Waals surface area (Å²) in [6.07, 6.45) is 0. The number of thiophene rings is 1. The molecule has 4 aromatic heterocycles. The highest BCUT2D eigenvalue weighted by molar-refractivity contribution is 7.26. The van der Waals surface area contributed by atoms with E-state index in [4.69, 9.17) is 9.40 Å². The van der Waals surface area contributed by atoms with Crippen molar-refractivity contribution in [1.82, 2.24) is 9.55 Å². The fraction of sp³-hybridized carbons (Fsp3) is 0. The third kappa shape index (κ3) is 3.21. The Morgan fingerprint density at radius 3 is 2.26 bits per heavy atom. The summed E-state index contributed by atoms with van der Waals surface area (Å²) >= 11 is 1.85. The first-order valence-electron chi connectivity index (χ1n) is 14.5. The Morgan fingerprint density at radius 1 is 0.535 bits per heavy atom. The molecule has 0 unspecified atom stereocenters. The third-order valence-corrected chi connectivity index (χ3v) is 9.92. The van der Waals surface area contributed by atoms with Crippen LogP contribution < -0.4 is 0 Å². The average molecular weight is 567 g/mol. The first-order chi connectivity index (χ1) is 21.3. The normalized spacial score (nSPS) is 12.2. The van der Waals surface area contributed by atoms with E-state index in [9.17, 15) is 0 Å². The number of aromatic nitrogens is 2. The van der Waals surface area contributed by atoms with E-state index in [0.29, 0.717) is 0 Å². The third-order valence-electron chi connectivity index (χ3n) is 8.79. The number of para-hydroxylation sites is 1. The summed E-state index contributed by atoms with van der Waals surface area (Å²) in [5.74, 6) is 0.898. The number of hydrogen-bond acceptors (Lipinski definition) is 3. The molecule has 0 saturated heterocycles. The van der Waals surface area contributed by atoms with E-state index in [1.165, 1.54) is 36.7 Å². The van der Waals surface area contributed by atoms with E-state index in [1.54, 1.807) is 0 Å². The molecule has 4 heterocycles. The smallest absolute Gasteiger partial charge is 0.145 e. The average Bonchev–Trinajstić information content (AvgIpc) is 3.73. The Bertz CT molecular complexity index is 2730. The molecule has 0 bridgehead atoms. The van der Waals surface area contributed by atoms with Crippen LogP contribution in [0.25, 0.3) is 91.8 Å². The summed E-state index contributed by atoms with van der Waals surface area (Å²) in [5.41, 5.74) is 7.43. The topological polar surface area (TPSA) is 31.0 Å². The largest absolute Gasteiger partial charge is 0.455 e. The van der Waals surface area contributed by atoms with Crippen LogP contribution in [0.3, 0.4) is 0 Å². The zero-order chi connectivity index (χ0) is 28.1. The van der Waals surface area contributed by atoms with Crippen molar-refractivity contribution in [2.75, 3.05) is 0 Å². The lowest BCUT2D eigenvalue weighted by molar-refractivity contribution is 0.673. The summed E-state index contributed by atoms with van der Waals surface area (Å²) in [6, 6.07) is 47.4. The molecule has 0 spiro atoms. The molecule has 10 rings (SSSR count). The lowest BCUT2D eigenvalue weighted by Gasteiger charge is -2.09. The molecule has 0 aliphatic rings. The van der Waals surface area contributed by atoms with Crippen LogP contribution in [-0.4, -0.2) is 9.55 Å². The van der Waals surface area contributed by atoms with Crippen LogP contribution in [0.5, 0.6) is 0 Å². The predicted octanol–water partition coefficient (Wildman–Crippen LogP) is 11.3. The van der Waals surface area contributed by atoms with Gasteiger partial charge in [-0.25, -0.2) is 4.98 Å². The van der Waals surface area contributed by atoms with E-state index in [0.717, 1.165) is 55.1 Å². The van der Waals surface area contributed by atoms with Gasteiger partial charge < -0.3 is 4.42 Å². The van der Waals surface area contributed by atoms with Crippen molar-refractivity contribution in [3.05, 3.63) is 133 Å². The van der Waals surface area contributed by atoms with Gasteiger partial charge in [-0.3, -0.25) is 4.57 Å². The maximum atomic E-state index is 6.66. The number of hydrogen-bond donors (Lipinski definition) is 0. The fourth-order valence-electron chi connectivity index (χ4n) is 6.88. The van der Waals surface area contributed by atoms with Crippen LogP contribution in [0.15, 0.2) is 138 Å². The van der Waals surface area contributed by atoms with Crippen LogP contribution in [-0.2, 0) is 0 Å². The number of pyridine rings is 1. The van der Waals surface area contributed by atoms with Gasteiger partial charge in [0.05, 0.1) is 21.9 Å². The van der Waals surface area contributed by atoms with E-state index >= 15 is 0 Å². The zero-order valence-electron chi connectivity index (χ0n) is 22.9. The van der Waals surface area contributed by atoms with Gasteiger partial charge in [0.2, 0.25) is 0 Å². The second kappa shape index (κ2) is 8.54. The van der Waals surface area contributed by atoms with Gasteiger partial charge in [-0.1, -0.05) is 72.8 Å². The summed E-state index contributed by atoms with van der Waals surface area (Å²) in [6.45, 7) is 0. The minimum absolute atomic E-state index is 0.898. The van der Waals surface area contributed by atoms with Gasteiger partial charge in [0.25, 0.3) is 0 Å². The maximum Gasteiger partial charge on any atom is 0.145 e. The monoisotopic (exact) mass is 566 g/mol. The summed E-state index contributed by atoms with van der Waals surface area (Å²) in [7, 11) is 0. The molecular formula is C39H22N2OS. The van der Waals surface area contributed by atoms with Crippen molar-refractivity contribution in [3.63, 3.8) is 0 Å². The Hall–Kier alpha value is -5.45. The van der Waals surface area contributed by atoms with Gasteiger partial charge in [0.15, 0.2) is 0 Å². The Kier molecular flexibility index (Phi) is 4.60. The number of rotatable bonds is 2. The molecule has 200 valence electrons. The molecule has 43 heavy (non-hydrogen) atoms. The van der Waals surface area contributed by atoms with Crippen molar-refractivity contribution >= 4 is 86.2 Å². The van der Waals surface area contributed by atoms with E-state index in [-0.39, 0.29) is 0 Å². The molecule has 0 radical (unpaired) electrons. The molecule has 0 aliphatic carbocycles. The molecule has 6 aromatic carbocycles. The van der Waals surface area contributed by atoms with Gasteiger partial charge in [-0.15, -0.1) is 11.3 Å². The lowest BCUT2D eigenvalue weighted by Crippen LogP contribution is -1.97. The van der Waals surface area contributed by atoms with Crippen LogP contribution in [0.1, 0.15) is 0 Å². The van der Waals surface area contributed by atoms with Crippen molar-refractivity contribution < 1.29 is 4.42 Å². The molecule has 0 amide bonds. The molecule has 0 N–H and O–H groups in total.